The monoisotopic (exact) mass is 304 g/mol. The summed E-state index contributed by atoms with van der Waals surface area (Å²) >= 11 is 1.83. The molecule has 1 atom stereocenters. The predicted octanol–water partition coefficient (Wildman–Crippen LogP) is 3.66. The number of rotatable bonds is 8. The van der Waals surface area contributed by atoms with Gasteiger partial charge in [0.15, 0.2) is 0 Å². The normalized spacial score (nSPS) is 12.5. The number of nitrogen functional groups attached to an aromatic ring is 1. The molecule has 1 aromatic heterocycles. The molecule has 0 amide bonds. The van der Waals surface area contributed by atoms with Crippen LogP contribution in [0.2, 0.25) is 0 Å². The van der Waals surface area contributed by atoms with Crippen LogP contribution < -0.4 is 10.5 Å². The van der Waals surface area contributed by atoms with Crippen molar-refractivity contribution in [1.82, 2.24) is 4.90 Å². The lowest BCUT2D eigenvalue weighted by Gasteiger charge is -2.24. The quantitative estimate of drug-likeness (QED) is 0.597. The standard InChI is InChI=1S/C17H24N2OS/c1-14(12-17-8-4-11-21-17)19(2)9-5-10-20-16-7-3-6-15(18)13-16/h3-4,6-8,11,13-14H,5,9-10,12,18H2,1-2H3. The Balaban J connectivity index is 1.65. The summed E-state index contributed by atoms with van der Waals surface area (Å²) in [7, 11) is 2.18. The molecular formula is C17H24N2OS. The Morgan fingerprint density at radius 1 is 1.29 bits per heavy atom. The summed E-state index contributed by atoms with van der Waals surface area (Å²) in [5.41, 5.74) is 6.47. The van der Waals surface area contributed by atoms with Crippen LogP contribution in [-0.2, 0) is 6.42 Å². The molecule has 0 spiro atoms. The molecule has 2 rings (SSSR count). The summed E-state index contributed by atoms with van der Waals surface area (Å²) in [6.45, 7) is 4.03. The maximum atomic E-state index is 5.73. The average Bonchev–Trinajstić information content (AvgIpc) is 2.96. The van der Waals surface area contributed by atoms with E-state index in [1.165, 1.54) is 4.88 Å². The number of nitrogens with two attached hydrogens (primary N) is 1. The van der Waals surface area contributed by atoms with Crippen LogP contribution in [0.15, 0.2) is 41.8 Å². The second-order valence-electron chi connectivity index (χ2n) is 5.39. The zero-order chi connectivity index (χ0) is 15.1. The van der Waals surface area contributed by atoms with E-state index in [0.29, 0.717) is 6.04 Å². The molecule has 0 saturated carbocycles. The predicted molar refractivity (Wildman–Crippen MR) is 91.1 cm³/mol. The first-order valence-electron chi connectivity index (χ1n) is 7.36. The lowest BCUT2D eigenvalue weighted by molar-refractivity contribution is 0.224. The maximum absolute atomic E-state index is 5.73. The van der Waals surface area contributed by atoms with Crippen molar-refractivity contribution in [1.29, 1.82) is 0 Å². The first kappa shape index (κ1) is 15.9. The van der Waals surface area contributed by atoms with E-state index < -0.39 is 0 Å². The Labute approximate surface area is 131 Å². The summed E-state index contributed by atoms with van der Waals surface area (Å²) in [6, 6.07) is 12.5. The second kappa shape index (κ2) is 8.05. The van der Waals surface area contributed by atoms with Crippen LogP contribution >= 0.6 is 11.3 Å². The highest BCUT2D eigenvalue weighted by Crippen LogP contribution is 2.15. The SMILES string of the molecule is CC(Cc1cccs1)N(C)CCCOc1cccc(N)c1. The molecule has 3 nitrogen and oxygen atoms in total. The largest absolute Gasteiger partial charge is 0.493 e. The number of ether oxygens (including phenoxy) is 1. The summed E-state index contributed by atoms with van der Waals surface area (Å²) in [5.74, 6) is 0.851. The molecule has 1 unspecified atom stereocenters. The summed E-state index contributed by atoms with van der Waals surface area (Å²) in [5, 5.41) is 2.14. The van der Waals surface area contributed by atoms with Crippen molar-refractivity contribution >= 4 is 17.0 Å². The van der Waals surface area contributed by atoms with E-state index in [2.05, 4.69) is 36.4 Å². The third kappa shape index (κ3) is 5.40. The molecular weight excluding hydrogens is 280 g/mol. The van der Waals surface area contributed by atoms with E-state index >= 15 is 0 Å². The van der Waals surface area contributed by atoms with Gasteiger partial charge in [0.2, 0.25) is 0 Å². The number of hydrogen-bond donors (Lipinski definition) is 1. The summed E-state index contributed by atoms with van der Waals surface area (Å²) in [6.07, 6.45) is 2.13. The van der Waals surface area contributed by atoms with Crippen molar-refractivity contribution in [3.63, 3.8) is 0 Å². The minimum absolute atomic E-state index is 0.552. The van der Waals surface area contributed by atoms with Crippen LogP contribution in [0.1, 0.15) is 18.2 Å². The van der Waals surface area contributed by atoms with E-state index in [1.54, 1.807) is 0 Å². The van der Waals surface area contributed by atoms with Gasteiger partial charge in [0.1, 0.15) is 5.75 Å². The maximum Gasteiger partial charge on any atom is 0.121 e. The highest BCUT2D eigenvalue weighted by Gasteiger charge is 2.10. The van der Waals surface area contributed by atoms with Crippen LogP contribution in [0.5, 0.6) is 5.75 Å². The number of hydrogen-bond acceptors (Lipinski definition) is 4. The van der Waals surface area contributed by atoms with Gasteiger partial charge in [-0.1, -0.05) is 12.1 Å². The molecule has 0 aliphatic heterocycles. The number of likely N-dealkylation sites (N-methyl/N-ethyl adjacent to an activating group) is 1. The van der Waals surface area contributed by atoms with Gasteiger partial charge in [0.25, 0.3) is 0 Å². The Hall–Kier alpha value is -1.52. The summed E-state index contributed by atoms with van der Waals surface area (Å²) < 4.78 is 5.72. The zero-order valence-electron chi connectivity index (χ0n) is 12.8. The molecule has 1 heterocycles. The van der Waals surface area contributed by atoms with Crippen LogP contribution in [0.4, 0.5) is 5.69 Å². The highest BCUT2D eigenvalue weighted by molar-refractivity contribution is 7.09. The van der Waals surface area contributed by atoms with Gasteiger partial charge >= 0.3 is 0 Å². The number of nitrogens with zero attached hydrogens (tertiary/aromatic N) is 1. The molecule has 0 bridgehead atoms. The van der Waals surface area contributed by atoms with Crippen LogP contribution in [0.25, 0.3) is 0 Å². The second-order valence-corrected chi connectivity index (χ2v) is 6.42. The van der Waals surface area contributed by atoms with Crippen molar-refractivity contribution in [2.75, 3.05) is 25.9 Å². The molecule has 114 valence electrons. The van der Waals surface area contributed by atoms with Gasteiger partial charge < -0.3 is 15.4 Å². The molecule has 0 aliphatic carbocycles. The van der Waals surface area contributed by atoms with Gasteiger partial charge in [0, 0.05) is 29.2 Å². The van der Waals surface area contributed by atoms with Gasteiger partial charge in [-0.25, -0.2) is 0 Å². The number of anilines is 1. The minimum Gasteiger partial charge on any atom is -0.493 e. The molecule has 0 aliphatic rings. The topological polar surface area (TPSA) is 38.5 Å². The lowest BCUT2D eigenvalue weighted by Crippen LogP contribution is -2.32. The number of benzene rings is 1. The van der Waals surface area contributed by atoms with E-state index in [1.807, 2.05) is 35.6 Å². The highest BCUT2D eigenvalue weighted by atomic mass is 32.1. The molecule has 2 N–H and O–H groups in total. The van der Waals surface area contributed by atoms with Crippen molar-refractivity contribution < 1.29 is 4.74 Å². The smallest absolute Gasteiger partial charge is 0.121 e. The van der Waals surface area contributed by atoms with Gasteiger partial charge in [0.05, 0.1) is 6.61 Å². The molecule has 0 saturated heterocycles. The Kier molecular flexibility index (Phi) is 6.08. The van der Waals surface area contributed by atoms with Crippen LogP contribution in [0.3, 0.4) is 0 Å². The van der Waals surface area contributed by atoms with Crippen molar-refractivity contribution in [3.05, 3.63) is 46.7 Å². The van der Waals surface area contributed by atoms with Crippen LogP contribution in [0, 0.1) is 0 Å². The van der Waals surface area contributed by atoms with Crippen molar-refractivity contribution in [2.24, 2.45) is 0 Å². The van der Waals surface area contributed by atoms with Gasteiger partial charge in [-0.3, -0.25) is 0 Å². The third-order valence-corrected chi connectivity index (χ3v) is 4.51. The van der Waals surface area contributed by atoms with E-state index in [-0.39, 0.29) is 0 Å². The van der Waals surface area contributed by atoms with Crippen molar-refractivity contribution in [2.45, 2.75) is 25.8 Å². The first-order valence-corrected chi connectivity index (χ1v) is 8.24. The van der Waals surface area contributed by atoms with Crippen LogP contribution in [-0.4, -0.2) is 31.1 Å². The first-order chi connectivity index (χ1) is 10.1. The summed E-state index contributed by atoms with van der Waals surface area (Å²) in [4.78, 5) is 3.84. The molecule has 0 fully saturated rings. The Morgan fingerprint density at radius 2 is 2.14 bits per heavy atom. The average molecular weight is 304 g/mol. The van der Waals surface area contributed by atoms with E-state index in [9.17, 15) is 0 Å². The number of thiophene rings is 1. The van der Waals surface area contributed by atoms with E-state index in [4.69, 9.17) is 10.5 Å². The van der Waals surface area contributed by atoms with Crippen molar-refractivity contribution in [3.8, 4) is 5.75 Å². The van der Waals surface area contributed by atoms with Gasteiger partial charge in [-0.05, 0) is 50.4 Å². The molecule has 2 aromatic rings. The lowest BCUT2D eigenvalue weighted by atomic mass is 10.2. The van der Waals surface area contributed by atoms with Gasteiger partial charge in [-0.15, -0.1) is 11.3 Å². The Bertz CT molecular complexity index is 527. The fraction of sp³-hybridized carbons (Fsp3) is 0.412. The zero-order valence-corrected chi connectivity index (χ0v) is 13.6. The van der Waals surface area contributed by atoms with E-state index in [0.717, 1.165) is 37.4 Å². The Morgan fingerprint density at radius 3 is 2.86 bits per heavy atom. The molecule has 0 radical (unpaired) electrons. The third-order valence-electron chi connectivity index (χ3n) is 3.61. The fourth-order valence-electron chi connectivity index (χ4n) is 2.20. The molecule has 1 aromatic carbocycles. The van der Waals surface area contributed by atoms with Gasteiger partial charge in [-0.2, -0.15) is 0 Å². The minimum atomic E-state index is 0.552. The molecule has 4 heteroatoms. The molecule has 21 heavy (non-hydrogen) atoms. The fourth-order valence-corrected chi connectivity index (χ4v) is 3.03.